The molecule has 0 saturated carbocycles. The molecule has 9 heteroatoms. The van der Waals surface area contributed by atoms with Gasteiger partial charge in [0, 0.05) is 51.7 Å². The van der Waals surface area contributed by atoms with E-state index in [0.29, 0.717) is 39.6 Å². The minimum Gasteiger partial charge on any atom is -0.374 e. The lowest BCUT2D eigenvalue weighted by Gasteiger charge is -2.29. The van der Waals surface area contributed by atoms with Crippen LogP contribution in [0, 0.1) is 0 Å². The van der Waals surface area contributed by atoms with Crippen molar-refractivity contribution in [2.24, 2.45) is 0 Å². The van der Waals surface area contributed by atoms with Gasteiger partial charge in [-0.2, -0.15) is 0 Å². The Hall–Kier alpha value is 0.154. The number of hydrogen-bond acceptors (Lipinski definition) is 7. The second-order valence-electron chi connectivity index (χ2n) is 7.14. The summed E-state index contributed by atoms with van der Waals surface area (Å²) in [4.78, 5) is 0. The fourth-order valence-corrected chi connectivity index (χ4v) is 9.00. The van der Waals surface area contributed by atoms with Gasteiger partial charge in [-0.1, -0.05) is 0 Å². The van der Waals surface area contributed by atoms with Crippen LogP contribution in [-0.4, -0.2) is 69.5 Å². The van der Waals surface area contributed by atoms with Crippen LogP contribution in [0.3, 0.4) is 0 Å². The maximum Gasteiger partial charge on any atom is 0.500 e. The number of rotatable bonds is 20. The highest BCUT2D eigenvalue weighted by atomic mass is 28.4. The third-order valence-electron chi connectivity index (χ3n) is 4.97. The van der Waals surface area contributed by atoms with Crippen molar-refractivity contribution < 1.29 is 31.3 Å². The minimum atomic E-state index is -2.57. The first-order chi connectivity index (χ1) is 14.0. The fraction of sp³-hybridized carbons (Fsp3) is 1.00. The fourth-order valence-electron chi connectivity index (χ4n) is 3.77. The monoisotopic (exact) mass is 452 g/mol. The van der Waals surface area contributed by atoms with Crippen molar-refractivity contribution in [1.82, 2.24) is 0 Å². The molecule has 7 nitrogen and oxygen atoms in total. The highest BCUT2D eigenvalue weighted by Crippen LogP contribution is 2.39. The maximum absolute atomic E-state index is 5.96. The molecule has 0 radical (unpaired) electrons. The Morgan fingerprint density at radius 1 is 0.586 bits per heavy atom. The predicted molar refractivity (Wildman–Crippen MR) is 118 cm³/mol. The Morgan fingerprint density at radius 2 is 0.862 bits per heavy atom. The van der Waals surface area contributed by atoms with E-state index in [2.05, 4.69) is 0 Å². The predicted octanol–water partition coefficient (Wildman–Crippen LogP) is 4.41. The van der Waals surface area contributed by atoms with Crippen LogP contribution in [0.4, 0.5) is 0 Å². The van der Waals surface area contributed by atoms with E-state index in [-0.39, 0.29) is 5.60 Å². The Bertz CT molecular complexity index is 354. The third-order valence-corrected chi connectivity index (χ3v) is 11.3. The van der Waals surface area contributed by atoms with E-state index in [4.69, 9.17) is 31.3 Å². The highest BCUT2D eigenvalue weighted by Gasteiger charge is 2.47. The van der Waals surface area contributed by atoms with Gasteiger partial charge in [0.1, 0.15) is 0 Å². The van der Waals surface area contributed by atoms with Crippen LogP contribution >= 0.6 is 0 Å². The van der Waals surface area contributed by atoms with E-state index in [1.54, 1.807) is 0 Å². The van der Waals surface area contributed by atoms with E-state index in [1.807, 2.05) is 41.5 Å². The lowest BCUT2D eigenvalue weighted by atomic mass is 9.99. The second-order valence-corrected chi connectivity index (χ2v) is 12.6. The van der Waals surface area contributed by atoms with Crippen LogP contribution in [-0.2, 0) is 31.3 Å². The zero-order valence-electron chi connectivity index (χ0n) is 19.6. The molecule has 0 aromatic carbocycles. The molecule has 0 aromatic rings. The first kappa shape index (κ1) is 27.2. The molecule has 174 valence electrons. The van der Waals surface area contributed by atoms with E-state index >= 15 is 0 Å². The topological polar surface area (TPSA) is 67.9 Å². The third kappa shape index (κ3) is 9.45. The van der Waals surface area contributed by atoms with E-state index in [9.17, 15) is 0 Å². The lowest BCUT2D eigenvalue weighted by molar-refractivity contribution is 0.0698. The Labute approximate surface area is 180 Å². The molecule has 0 aromatic heterocycles. The van der Waals surface area contributed by atoms with Gasteiger partial charge in [-0.3, -0.25) is 0 Å². The minimum absolute atomic E-state index is 0.0183. The van der Waals surface area contributed by atoms with Crippen LogP contribution in [0.5, 0.6) is 0 Å². The van der Waals surface area contributed by atoms with Crippen molar-refractivity contribution >= 4 is 17.6 Å². The van der Waals surface area contributed by atoms with Crippen LogP contribution in [0.15, 0.2) is 0 Å². The Kier molecular flexibility index (Phi) is 13.4. The SMILES string of the molecule is CCO[Si](CCCC1(CCC[Si](OCC)(OCC)OCC)CO1)(OCC)OCC. The van der Waals surface area contributed by atoms with Crippen LogP contribution in [0.2, 0.25) is 12.1 Å². The molecule has 1 fully saturated rings. The van der Waals surface area contributed by atoms with E-state index in [1.165, 1.54) is 0 Å². The molecule has 0 atom stereocenters. The normalized spacial score (nSPS) is 16.3. The Balaban J connectivity index is 2.52. The summed E-state index contributed by atoms with van der Waals surface area (Å²) in [5, 5.41) is 0. The summed E-state index contributed by atoms with van der Waals surface area (Å²) in [7, 11) is -5.14. The molecule has 1 aliphatic heterocycles. The average molecular weight is 453 g/mol. The van der Waals surface area contributed by atoms with Crippen molar-refractivity contribution in [3.05, 3.63) is 0 Å². The van der Waals surface area contributed by atoms with Crippen LogP contribution < -0.4 is 0 Å². The highest BCUT2D eigenvalue weighted by molar-refractivity contribution is 6.61. The van der Waals surface area contributed by atoms with Crippen LogP contribution in [0.1, 0.15) is 67.2 Å². The van der Waals surface area contributed by atoms with Crippen molar-refractivity contribution in [3.63, 3.8) is 0 Å². The van der Waals surface area contributed by atoms with E-state index < -0.39 is 17.6 Å². The first-order valence-corrected chi connectivity index (χ1v) is 15.3. The van der Waals surface area contributed by atoms with Gasteiger partial charge in [-0.05, 0) is 67.2 Å². The Morgan fingerprint density at radius 3 is 1.07 bits per heavy atom. The second kappa shape index (κ2) is 14.3. The smallest absolute Gasteiger partial charge is 0.374 e. The van der Waals surface area contributed by atoms with Gasteiger partial charge in [-0.15, -0.1) is 0 Å². The standard InChI is InChI=1S/C20H44O7Si2/c1-7-22-28(23-8-2,24-9-3)17-13-15-20(19-21-20)16-14-18-29(25-10-4,26-11-5)27-12-6/h7-19H2,1-6H3. The molecule has 0 spiro atoms. The van der Waals surface area contributed by atoms with Crippen molar-refractivity contribution in [3.8, 4) is 0 Å². The molecular formula is C20H44O7Si2. The molecule has 1 heterocycles. The largest absolute Gasteiger partial charge is 0.500 e. The molecule has 0 amide bonds. The quantitative estimate of drug-likeness (QED) is 0.200. The number of epoxide rings is 1. The van der Waals surface area contributed by atoms with Gasteiger partial charge in [0.25, 0.3) is 0 Å². The van der Waals surface area contributed by atoms with Gasteiger partial charge >= 0.3 is 17.6 Å². The van der Waals surface area contributed by atoms with Crippen molar-refractivity contribution in [2.45, 2.75) is 84.9 Å². The molecule has 0 unspecified atom stereocenters. The van der Waals surface area contributed by atoms with Gasteiger partial charge in [0.05, 0.1) is 12.2 Å². The van der Waals surface area contributed by atoms with Crippen molar-refractivity contribution in [1.29, 1.82) is 0 Å². The van der Waals surface area contributed by atoms with Gasteiger partial charge < -0.3 is 31.3 Å². The lowest BCUT2D eigenvalue weighted by Crippen LogP contribution is -2.46. The van der Waals surface area contributed by atoms with E-state index in [0.717, 1.165) is 44.4 Å². The van der Waals surface area contributed by atoms with Crippen molar-refractivity contribution in [2.75, 3.05) is 46.2 Å². The number of ether oxygens (including phenoxy) is 1. The molecule has 0 N–H and O–H groups in total. The summed E-state index contributed by atoms with van der Waals surface area (Å²) in [5.41, 5.74) is -0.0183. The molecule has 1 aliphatic rings. The summed E-state index contributed by atoms with van der Waals surface area (Å²) < 4.78 is 41.6. The zero-order valence-corrected chi connectivity index (χ0v) is 21.6. The molecule has 0 aliphatic carbocycles. The summed E-state index contributed by atoms with van der Waals surface area (Å²) in [6, 6.07) is 1.67. The van der Waals surface area contributed by atoms with Crippen LogP contribution in [0.25, 0.3) is 0 Å². The number of hydrogen-bond donors (Lipinski definition) is 0. The summed E-state index contributed by atoms with van der Waals surface area (Å²) in [6.45, 7) is 16.5. The molecular weight excluding hydrogens is 408 g/mol. The summed E-state index contributed by atoms with van der Waals surface area (Å²) >= 11 is 0. The average Bonchev–Trinajstić information content (AvgIpc) is 3.43. The summed E-state index contributed by atoms with van der Waals surface area (Å²) in [5.74, 6) is 0. The molecule has 1 saturated heterocycles. The molecule has 1 rings (SSSR count). The molecule has 0 bridgehead atoms. The maximum atomic E-state index is 5.96. The summed E-state index contributed by atoms with van der Waals surface area (Å²) in [6.07, 6.45) is 3.97. The van der Waals surface area contributed by atoms with Gasteiger partial charge in [0.15, 0.2) is 0 Å². The first-order valence-electron chi connectivity index (χ1n) is 11.5. The van der Waals surface area contributed by atoms with Gasteiger partial charge in [0.2, 0.25) is 0 Å². The van der Waals surface area contributed by atoms with Gasteiger partial charge in [-0.25, -0.2) is 0 Å². The zero-order chi connectivity index (χ0) is 21.6. The molecule has 29 heavy (non-hydrogen) atoms.